The van der Waals surface area contributed by atoms with Crippen LogP contribution in [-0.4, -0.2) is 37.5 Å². The van der Waals surface area contributed by atoms with Gasteiger partial charge in [-0.05, 0) is 0 Å². The van der Waals surface area contributed by atoms with E-state index in [-0.39, 0.29) is 11.0 Å². The van der Waals surface area contributed by atoms with E-state index < -0.39 is 10.0 Å². The summed E-state index contributed by atoms with van der Waals surface area (Å²) in [6.45, 7) is 3.86. The van der Waals surface area contributed by atoms with Gasteiger partial charge < -0.3 is 0 Å². The number of sulfonamides is 1. The van der Waals surface area contributed by atoms with Crippen molar-refractivity contribution in [3.05, 3.63) is 23.8 Å². The standard InChI is InChI=1S/C12H17NO3S.Ru/c1-9(2)16-12-7-6-11(8-10(12)3)17(14,15)13(4)5;/h3,6-9H,1-2,4-5H3;/q;+1. The van der Waals surface area contributed by atoms with Crippen LogP contribution in [-0.2, 0) is 27.9 Å². The van der Waals surface area contributed by atoms with Gasteiger partial charge in [0.15, 0.2) is 0 Å². The first-order valence-corrected chi connectivity index (χ1v) is 7.88. The molecule has 1 aromatic carbocycles. The molecule has 1 aromatic rings. The number of rotatable bonds is 5. The fourth-order valence-electron chi connectivity index (χ4n) is 1.34. The fourth-order valence-corrected chi connectivity index (χ4v) is 2.67. The van der Waals surface area contributed by atoms with E-state index in [0.717, 1.165) is 5.56 Å². The Hall–Kier alpha value is -0.577. The van der Waals surface area contributed by atoms with Crippen LogP contribution in [0.15, 0.2) is 23.1 Å². The summed E-state index contributed by atoms with van der Waals surface area (Å²) < 4.78 is 32.6. The molecule has 18 heavy (non-hydrogen) atoms. The van der Waals surface area contributed by atoms with Crippen LogP contribution in [0.25, 0.3) is 0 Å². The van der Waals surface area contributed by atoms with Crippen molar-refractivity contribution >= 4 is 14.6 Å². The van der Waals surface area contributed by atoms with Crippen molar-refractivity contribution < 1.29 is 31.0 Å². The molecule has 0 saturated heterocycles. The second-order valence-electron chi connectivity index (χ2n) is 4.26. The van der Waals surface area contributed by atoms with Gasteiger partial charge in [-0.3, -0.25) is 0 Å². The van der Waals surface area contributed by atoms with Gasteiger partial charge in [0.2, 0.25) is 0 Å². The maximum atomic E-state index is 12.0. The second kappa shape index (κ2) is 6.04. The summed E-state index contributed by atoms with van der Waals surface area (Å²) in [5.41, 5.74) is 0.753. The second-order valence-corrected chi connectivity index (χ2v) is 6.91. The third-order valence-electron chi connectivity index (χ3n) is 2.23. The normalized spacial score (nSPS) is 11.9. The molecule has 0 amide bonds. The molecule has 0 aliphatic carbocycles. The molecule has 0 unspecified atom stereocenters. The van der Waals surface area contributed by atoms with Crippen LogP contribution in [0.2, 0.25) is 0 Å². The quantitative estimate of drug-likeness (QED) is 0.750. The van der Waals surface area contributed by atoms with E-state index in [1.54, 1.807) is 22.8 Å². The van der Waals surface area contributed by atoms with Gasteiger partial charge in [0.05, 0.1) is 0 Å². The first kappa shape index (κ1) is 15.5. The summed E-state index contributed by atoms with van der Waals surface area (Å²) in [6, 6.07) is 4.87. The van der Waals surface area contributed by atoms with E-state index in [1.165, 1.54) is 18.4 Å². The summed E-state index contributed by atoms with van der Waals surface area (Å²) in [6.07, 6.45) is 0.0478. The zero-order chi connectivity index (χ0) is 13.9. The van der Waals surface area contributed by atoms with E-state index in [2.05, 4.69) is 17.9 Å². The van der Waals surface area contributed by atoms with Gasteiger partial charge in [0.25, 0.3) is 0 Å². The van der Waals surface area contributed by atoms with Gasteiger partial charge >= 0.3 is 118 Å². The van der Waals surface area contributed by atoms with Gasteiger partial charge in [-0.2, -0.15) is 0 Å². The van der Waals surface area contributed by atoms with Crippen molar-refractivity contribution in [3.8, 4) is 5.75 Å². The Labute approximate surface area is 118 Å². The number of hydrogen-bond donors (Lipinski definition) is 0. The van der Waals surface area contributed by atoms with Crippen molar-refractivity contribution in [2.24, 2.45) is 0 Å². The van der Waals surface area contributed by atoms with Crippen molar-refractivity contribution in [1.82, 2.24) is 4.31 Å². The first-order chi connectivity index (χ1) is 8.28. The Morgan fingerprint density at radius 1 is 1.33 bits per heavy atom. The Balaban J connectivity index is 3.26. The van der Waals surface area contributed by atoms with Crippen LogP contribution in [0.3, 0.4) is 0 Å². The molecule has 0 saturated carbocycles. The van der Waals surface area contributed by atoms with Gasteiger partial charge in [0, 0.05) is 0 Å². The molecule has 101 valence electrons. The summed E-state index contributed by atoms with van der Waals surface area (Å²) in [5, 5.41) is 0. The summed E-state index contributed by atoms with van der Waals surface area (Å²) >= 11 is 2.37. The van der Waals surface area contributed by atoms with E-state index in [1.807, 2.05) is 13.8 Å². The monoisotopic (exact) mass is 357 g/mol. The molecule has 0 bridgehead atoms. The van der Waals surface area contributed by atoms with Crippen LogP contribution in [0, 0.1) is 0 Å². The average molecular weight is 356 g/mol. The Morgan fingerprint density at radius 2 is 1.94 bits per heavy atom. The average Bonchev–Trinajstić information content (AvgIpc) is 2.28. The topological polar surface area (TPSA) is 46.6 Å². The Bertz CT molecular complexity index is 538. The maximum absolute atomic E-state index is 12.0. The number of hydrogen-bond acceptors (Lipinski definition) is 3. The Kier molecular flexibility index (Phi) is 5.20. The predicted octanol–water partition coefficient (Wildman–Crippen LogP) is 1.42. The summed E-state index contributed by atoms with van der Waals surface area (Å²) in [4.78, 5) is 0.264. The van der Waals surface area contributed by atoms with Gasteiger partial charge in [-0.1, -0.05) is 0 Å². The molecule has 1 rings (SSSR count). The summed E-state index contributed by atoms with van der Waals surface area (Å²) in [7, 11) is -0.379. The van der Waals surface area contributed by atoms with Crippen LogP contribution in [0.5, 0.6) is 5.75 Å². The van der Waals surface area contributed by atoms with E-state index in [9.17, 15) is 8.42 Å². The molecule has 0 atom stereocenters. The van der Waals surface area contributed by atoms with Gasteiger partial charge in [0.1, 0.15) is 0 Å². The molecule has 0 aliphatic rings. The van der Waals surface area contributed by atoms with Gasteiger partial charge in [-0.25, -0.2) is 0 Å². The number of nitrogens with zero attached hydrogens (tertiary/aromatic N) is 1. The SMILES string of the molecule is CC(C)Oc1ccc(S(=O)(=O)N(C)C)cc1[CH]=[Ru+]. The third kappa shape index (κ3) is 3.47. The van der Waals surface area contributed by atoms with Crippen molar-refractivity contribution in [2.45, 2.75) is 24.8 Å². The minimum atomic E-state index is -3.40. The Morgan fingerprint density at radius 3 is 2.39 bits per heavy atom. The van der Waals surface area contributed by atoms with E-state index >= 15 is 0 Å². The van der Waals surface area contributed by atoms with E-state index in [0.29, 0.717) is 5.75 Å². The van der Waals surface area contributed by atoms with Crippen LogP contribution >= 0.6 is 0 Å². The molecule has 0 fully saturated rings. The molecule has 0 spiro atoms. The third-order valence-corrected chi connectivity index (χ3v) is 4.58. The van der Waals surface area contributed by atoms with Crippen molar-refractivity contribution in [1.29, 1.82) is 0 Å². The van der Waals surface area contributed by atoms with Gasteiger partial charge in [-0.15, -0.1) is 0 Å². The van der Waals surface area contributed by atoms with Crippen molar-refractivity contribution in [3.63, 3.8) is 0 Å². The van der Waals surface area contributed by atoms with Crippen LogP contribution in [0.4, 0.5) is 0 Å². The van der Waals surface area contributed by atoms with Crippen molar-refractivity contribution in [2.75, 3.05) is 14.1 Å². The fraction of sp³-hybridized carbons (Fsp3) is 0.417. The van der Waals surface area contributed by atoms with Crippen LogP contribution in [0.1, 0.15) is 19.4 Å². The zero-order valence-electron chi connectivity index (χ0n) is 10.8. The molecule has 0 aromatic heterocycles. The van der Waals surface area contributed by atoms with Crippen LogP contribution < -0.4 is 4.74 Å². The molecule has 6 heteroatoms. The zero-order valence-corrected chi connectivity index (χ0v) is 13.4. The molecular formula is C12H17NO3RuS+. The molecule has 0 N–H and O–H groups in total. The number of ether oxygens (including phenoxy) is 1. The predicted molar refractivity (Wildman–Crippen MR) is 68.2 cm³/mol. The summed E-state index contributed by atoms with van der Waals surface area (Å²) in [5.74, 6) is 0.682. The molecular weight excluding hydrogens is 339 g/mol. The minimum absolute atomic E-state index is 0.0478. The molecule has 0 radical (unpaired) electrons. The number of benzene rings is 1. The first-order valence-electron chi connectivity index (χ1n) is 5.44. The molecule has 4 nitrogen and oxygen atoms in total. The van der Waals surface area contributed by atoms with E-state index in [4.69, 9.17) is 4.74 Å². The molecule has 0 heterocycles. The molecule has 0 aliphatic heterocycles.